The molecule has 3 heteroatoms. The van der Waals surface area contributed by atoms with Crippen LogP contribution in [0.25, 0.3) is 0 Å². The van der Waals surface area contributed by atoms with Crippen molar-refractivity contribution in [3.05, 3.63) is 17.2 Å². The van der Waals surface area contributed by atoms with E-state index in [4.69, 9.17) is 5.73 Å². The van der Waals surface area contributed by atoms with Crippen LogP contribution in [0.4, 0.5) is 0 Å². The van der Waals surface area contributed by atoms with E-state index in [1.54, 1.807) is 0 Å². The molecule has 0 amide bonds. The highest BCUT2D eigenvalue weighted by atomic mass is 14.9. The first kappa shape index (κ1) is 10.3. The topological polar surface area (TPSA) is 54.7 Å². The fraction of sp³-hybridized carbons (Fsp3) is 0.700. The minimum absolute atomic E-state index is 0.172. The molecule has 1 unspecified atom stereocenters. The molecule has 1 atom stereocenters. The minimum atomic E-state index is 0.172. The van der Waals surface area contributed by atoms with E-state index in [9.17, 15) is 0 Å². The molecule has 1 heterocycles. The van der Waals surface area contributed by atoms with Crippen LogP contribution in [-0.2, 0) is 6.42 Å². The smallest absolute Gasteiger partial charge is 0.108 e. The van der Waals surface area contributed by atoms with E-state index in [1.807, 2.05) is 6.92 Å². The summed E-state index contributed by atoms with van der Waals surface area (Å²) >= 11 is 0. The molecule has 0 bridgehead atoms. The van der Waals surface area contributed by atoms with Gasteiger partial charge in [0.15, 0.2) is 0 Å². The summed E-state index contributed by atoms with van der Waals surface area (Å²) in [6.45, 7) is 8.36. The van der Waals surface area contributed by atoms with E-state index >= 15 is 0 Å². The minimum Gasteiger partial charge on any atom is -0.346 e. The lowest BCUT2D eigenvalue weighted by atomic mass is 10.1. The lowest BCUT2D eigenvalue weighted by Gasteiger charge is -2.00. The van der Waals surface area contributed by atoms with Gasteiger partial charge < -0.3 is 10.7 Å². The zero-order valence-corrected chi connectivity index (χ0v) is 8.89. The fourth-order valence-corrected chi connectivity index (χ4v) is 1.50. The number of H-pyrrole nitrogens is 1. The largest absolute Gasteiger partial charge is 0.346 e. The summed E-state index contributed by atoms with van der Waals surface area (Å²) in [6.07, 6.45) is 0.827. The van der Waals surface area contributed by atoms with Crippen molar-refractivity contribution in [3.63, 3.8) is 0 Å². The van der Waals surface area contributed by atoms with Crippen LogP contribution in [0.1, 0.15) is 43.9 Å². The van der Waals surface area contributed by atoms with Crippen LogP contribution >= 0.6 is 0 Å². The highest BCUT2D eigenvalue weighted by Gasteiger charge is 2.10. The second-order valence-electron chi connectivity index (χ2n) is 4.03. The lowest BCUT2D eigenvalue weighted by molar-refractivity contribution is 0.704. The Labute approximate surface area is 79.8 Å². The van der Waals surface area contributed by atoms with E-state index in [1.165, 1.54) is 5.69 Å². The Hall–Kier alpha value is -0.830. The molecule has 1 rings (SSSR count). The lowest BCUT2D eigenvalue weighted by Crippen LogP contribution is -2.18. The van der Waals surface area contributed by atoms with Gasteiger partial charge in [0.2, 0.25) is 0 Å². The first-order chi connectivity index (χ1) is 6.00. The van der Waals surface area contributed by atoms with E-state index in [0.29, 0.717) is 5.92 Å². The maximum atomic E-state index is 5.70. The Morgan fingerprint density at radius 3 is 2.38 bits per heavy atom. The molecular formula is C10H19N3. The average molecular weight is 181 g/mol. The van der Waals surface area contributed by atoms with Crippen molar-refractivity contribution in [2.45, 2.75) is 46.1 Å². The number of aromatic amines is 1. The van der Waals surface area contributed by atoms with Gasteiger partial charge in [0.25, 0.3) is 0 Å². The number of imidazole rings is 1. The zero-order chi connectivity index (χ0) is 10.0. The van der Waals surface area contributed by atoms with E-state index in [-0.39, 0.29) is 6.04 Å². The van der Waals surface area contributed by atoms with Crippen molar-refractivity contribution in [1.82, 2.24) is 9.97 Å². The first-order valence-corrected chi connectivity index (χ1v) is 4.81. The molecule has 3 nitrogen and oxygen atoms in total. The summed E-state index contributed by atoms with van der Waals surface area (Å²) in [7, 11) is 0. The van der Waals surface area contributed by atoms with Gasteiger partial charge in [-0.25, -0.2) is 4.98 Å². The molecule has 0 radical (unpaired) electrons. The van der Waals surface area contributed by atoms with Gasteiger partial charge >= 0.3 is 0 Å². The summed E-state index contributed by atoms with van der Waals surface area (Å²) < 4.78 is 0. The standard InChI is InChI=1S/C10H19N3/c1-6(2)10-8(4)12-9(13-10)5-7(3)11/h6-7H,5,11H2,1-4H3,(H,12,13). The number of hydrogen-bond acceptors (Lipinski definition) is 2. The van der Waals surface area contributed by atoms with Gasteiger partial charge in [0, 0.05) is 18.2 Å². The van der Waals surface area contributed by atoms with Gasteiger partial charge in [-0.2, -0.15) is 0 Å². The Bertz CT molecular complexity index is 274. The first-order valence-electron chi connectivity index (χ1n) is 4.81. The number of hydrogen-bond donors (Lipinski definition) is 2. The molecule has 74 valence electrons. The number of aromatic nitrogens is 2. The molecule has 1 aromatic rings. The Morgan fingerprint density at radius 1 is 1.38 bits per heavy atom. The molecule has 1 aromatic heterocycles. The Morgan fingerprint density at radius 2 is 2.00 bits per heavy atom. The van der Waals surface area contributed by atoms with Crippen molar-refractivity contribution in [3.8, 4) is 0 Å². The van der Waals surface area contributed by atoms with E-state index in [2.05, 4.69) is 30.7 Å². The van der Waals surface area contributed by atoms with Crippen molar-refractivity contribution in [2.24, 2.45) is 5.73 Å². The van der Waals surface area contributed by atoms with Crippen LogP contribution in [0.5, 0.6) is 0 Å². The molecule has 3 N–H and O–H groups in total. The molecule has 0 aromatic carbocycles. The summed E-state index contributed by atoms with van der Waals surface area (Å²) in [5.74, 6) is 1.49. The zero-order valence-electron chi connectivity index (χ0n) is 8.89. The van der Waals surface area contributed by atoms with Crippen LogP contribution in [0.15, 0.2) is 0 Å². The molecule has 0 fully saturated rings. The molecule has 0 aliphatic heterocycles. The second-order valence-corrected chi connectivity index (χ2v) is 4.03. The predicted octanol–water partition coefficient (Wildman–Crippen LogP) is 1.73. The van der Waals surface area contributed by atoms with E-state index < -0.39 is 0 Å². The van der Waals surface area contributed by atoms with Gasteiger partial charge in [-0.15, -0.1) is 0 Å². The molecule has 0 saturated heterocycles. The van der Waals surface area contributed by atoms with Crippen molar-refractivity contribution in [1.29, 1.82) is 0 Å². The molecule has 0 aliphatic rings. The van der Waals surface area contributed by atoms with Crippen molar-refractivity contribution >= 4 is 0 Å². The normalized spacial score (nSPS) is 13.7. The van der Waals surface area contributed by atoms with Crippen LogP contribution in [0.3, 0.4) is 0 Å². The molecule has 0 saturated carbocycles. The molecule has 0 spiro atoms. The highest BCUT2D eigenvalue weighted by molar-refractivity contribution is 5.16. The summed E-state index contributed by atoms with van der Waals surface area (Å²) in [6, 6.07) is 0.172. The van der Waals surface area contributed by atoms with Crippen molar-refractivity contribution < 1.29 is 0 Å². The maximum Gasteiger partial charge on any atom is 0.108 e. The quantitative estimate of drug-likeness (QED) is 0.746. The number of nitrogens with zero attached hydrogens (tertiary/aromatic N) is 1. The maximum absolute atomic E-state index is 5.70. The number of aryl methyl sites for hydroxylation is 1. The molecule has 0 aliphatic carbocycles. The third-order valence-corrected chi connectivity index (χ3v) is 2.03. The SMILES string of the molecule is Cc1[nH]c(CC(C)N)nc1C(C)C. The number of nitrogens with two attached hydrogens (primary N) is 1. The third kappa shape index (κ3) is 2.56. The van der Waals surface area contributed by atoms with Gasteiger partial charge in [0.05, 0.1) is 5.69 Å². The number of nitrogens with one attached hydrogen (secondary N) is 1. The fourth-order valence-electron chi connectivity index (χ4n) is 1.50. The van der Waals surface area contributed by atoms with Gasteiger partial charge in [-0.1, -0.05) is 13.8 Å². The van der Waals surface area contributed by atoms with Crippen LogP contribution in [-0.4, -0.2) is 16.0 Å². The van der Waals surface area contributed by atoms with Gasteiger partial charge in [0.1, 0.15) is 5.82 Å². The Kier molecular flexibility index (Phi) is 3.09. The number of rotatable bonds is 3. The summed E-state index contributed by atoms with van der Waals surface area (Å²) in [4.78, 5) is 7.78. The summed E-state index contributed by atoms with van der Waals surface area (Å²) in [5, 5.41) is 0. The van der Waals surface area contributed by atoms with Crippen LogP contribution < -0.4 is 5.73 Å². The Balaban J connectivity index is 2.82. The van der Waals surface area contributed by atoms with Crippen LogP contribution in [0.2, 0.25) is 0 Å². The van der Waals surface area contributed by atoms with Crippen LogP contribution in [0, 0.1) is 6.92 Å². The highest BCUT2D eigenvalue weighted by Crippen LogP contribution is 2.16. The summed E-state index contributed by atoms with van der Waals surface area (Å²) in [5.41, 5.74) is 8.03. The average Bonchev–Trinajstić information content (AvgIpc) is 2.29. The van der Waals surface area contributed by atoms with Gasteiger partial charge in [-0.05, 0) is 19.8 Å². The predicted molar refractivity (Wildman–Crippen MR) is 54.8 cm³/mol. The monoisotopic (exact) mass is 181 g/mol. The van der Waals surface area contributed by atoms with Crippen molar-refractivity contribution in [2.75, 3.05) is 0 Å². The van der Waals surface area contributed by atoms with Gasteiger partial charge in [-0.3, -0.25) is 0 Å². The third-order valence-electron chi connectivity index (χ3n) is 2.03. The second kappa shape index (κ2) is 3.92. The van der Waals surface area contributed by atoms with E-state index in [0.717, 1.165) is 17.9 Å². The molecular weight excluding hydrogens is 162 g/mol. The molecule has 13 heavy (non-hydrogen) atoms.